The Labute approximate surface area is 280 Å². The summed E-state index contributed by atoms with van der Waals surface area (Å²) < 4.78 is 0. The smallest absolute Gasteiger partial charge is 0.0159 e. The Bertz CT molecular complexity index is 2200. The average molecular weight is 607 g/mol. The molecule has 0 aliphatic heterocycles. The number of fused-ring (bicyclic) bond motifs is 8. The molecule has 0 radical (unpaired) electrons. The van der Waals surface area contributed by atoms with E-state index in [0.29, 0.717) is 5.92 Å². The third kappa shape index (κ3) is 4.65. The van der Waals surface area contributed by atoms with Gasteiger partial charge in [-0.25, -0.2) is 0 Å². The van der Waals surface area contributed by atoms with Gasteiger partial charge in [-0.1, -0.05) is 155 Å². The largest absolute Gasteiger partial charge is 0.0877 e. The second kappa shape index (κ2) is 11.1. The lowest BCUT2D eigenvalue weighted by Gasteiger charge is -2.24. The van der Waals surface area contributed by atoms with Crippen LogP contribution in [0.1, 0.15) is 73.9 Å². The fourth-order valence-electron chi connectivity index (χ4n) is 8.39. The van der Waals surface area contributed by atoms with Gasteiger partial charge < -0.3 is 0 Å². The highest BCUT2D eigenvalue weighted by atomic mass is 14.4. The van der Waals surface area contributed by atoms with Crippen LogP contribution in [-0.2, 0) is 17.3 Å². The van der Waals surface area contributed by atoms with Crippen molar-refractivity contribution >= 4 is 10.8 Å². The average Bonchev–Trinajstić information content (AvgIpc) is 3.46. The predicted molar refractivity (Wildman–Crippen MR) is 201 cm³/mol. The van der Waals surface area contributed by atoms with Gasteiger partial charge in [-0.05, 0) is 109 Å². The van der Waals surface area contributed by atoms with E-state index < -0.39 is 0 Å². The third-order valence-electron chi connectivity index (χ3n) is 11.0. The molecular formula is C47H42. The Morgan fingerprint density at radius 3 is 1.91 bits per heavy atom. The standard InChI is InChI=1S/C47H42/c1-6-7-9-18-34(32-16-10-8-11-17-32)27-31-23-25-33(26-24-31)38-28-44-45(37-21-13-12-19-35(37)38)40-30-42-39(29-43(40)47(44,4)5)36-20-14-15-22-41(36)46(42,2)3/h6-26,28-30,34H,27H2,1-5H3. The van der Waals surface area contributed by atoms with Crippen LogP contribution in [0.2, 0.25) is 0 Å². The fourth-order valence-corrected chi connectivity index (χ4v) is 8.39. The first-order valence-corrected chi connectivity index (χ1v) is 17.1. The molecule has 0 fully saturated rings. The molecule has 2 aliphatic rings. The van der Waals surface area contributed by atoms with Crippen molar-refractivity contribution in [3.63, 3.8) is 0 Å². The van der Waals surface area contributed by atoms with E-state index in [2.05, 4.69) is 180 Å². The van der Waals surface area contributed by atoms with Crippen LogP contribution < -0.4 is 0 Å². The fraction of sp³-hybridized carbons (Fsp3) is 0.191. The van der Waals surface area contributed by atoms with Crippen molar-refractivity contribution < 1.29 is 0 Å². The van der Waals surface area contributed by atoms with E-state index in [1.165, 1.54) is 77.5 Å². The highest BCUT2D eigenvalue weighted by Crippen LogP contribution is 2.58. The van der Waals surface area contributed by atoms with Crippen LogP contribution >= 0.6 is 0 Å². The first-order chi connectivity index (χ1) is 22.8. The van der Waals surface area contributed by atoms with Gasteiger partial charge in [0.25, 0.3) is 0 Å². The first-order valence-electron chi connectivity index (χ1n) is 17.1. The summed E-state index contributed by atoms with van der Waals surface area (Å²) in [5.74, 6) is 0.331. The summed E-state index contributed by atoms with van der Waals surface area (Å²) in [6.07, 6.45) is 9.67. The van der Waals surface area contributed by atoms with Crippen molar-refractivity contribution in [2.24, 2.45) is 0 Å². The number of rotatable bonds is 6. The summed E-state index contributed by atoms with van der Waals surface area (Å²) in [5, 5.41) is 2.67. The van der Waals surface area contributed by atoms with Gasteiger partial charge in [0.15, 0.2) is 0 Å². The molecule has 8 rings (SSSR count). The lowest BCUT2D eigenvalue weighted by molar-refractivity contribution is 0.652. The quantitative estimate of drug-likeness (QED) is 0.165. The van der Waals surface area contributed by atoms with Crippen molar-refractivity contribution in [1.29, 1.82) is 0 Å². The van der Waals surface area contributed by atoms with Crippen LogP contribution in [-0.4, -0.2) is 0 Å². The van der Waals surface area contributed by atoms with Gasteiger partial charge in [0, 0.05) is 16.7 Å². The van der Waals surface area contributed by atoms with Crippen LogP contribution in [0.3, 0.4) is 0 Å². The molecule has 0 saturated carbocycles. The van der Waals surface area contributed by atoms with Crippen LogP contribution in [0, 0.1) is 0 Å². The van der Waals surface area contributed by atoms with Gasteiger partial charge in [-0.15, -0.1) is 0 Å². The molecule has 1 atom stereocenters. The zero-order valence-electron chi connectivity index (χ0n) is 28.1. The minimum Gasteiger partial charge on any atom is -0.0877 e. The second-order valence-corrected chi connectivity index (χ2v) is 14.5. The highest BCUT2D eigenvalue weighted by Gasteiger charge is 2.42. The van der Waals surface area contributed by atoms with Crippen LogP contribution in [0.25, 0.3) is 44.2 Å². The highest BCUT2D eigenvalue weighted by molar-refractivity contribution is 6.09. The summed E-state index contributed by atoms with van der Waals surface area (Å²) in [5.41, 5.74) is 16.5. The Balaban J connectivity index is 1.22. The summed E-state index contributed by atoms with van der Waals surface area (Å²) in [6.45, 7) is 11.7. The molecular weight excluding hydrogens is 565 g/mol. The molecule has 6 aromatic rings. The Hall–Kier alpha value is -4.94. The monoisotopic (exact) mass is 606 g/mol. The molecule has 0 spiro atoms. The van der Waals surface area contributed by atoms with Gasteiger partial charge >= 0.3 is 0 Å². The zero-order chi connectivity index (χ0) is 32.3. The number of benzene rings is 6. The molecule has 0 heterocycles. The molecule has 2 aliphatic carbocycles. The first kappa shape index (κ1) is 29.5. The molecule has 0 heteroatoms. The number of hydrogen-bond donors (Lipinski definition) is 0. The Morgan fingerprint density at radius 1 is 0.532 bits per heavy atom. The van der Waals surface area contributed by atoms with Gasteiger partial charge in [-0.2, -0.15) is 0 Å². The lowest BCUT2D eigenvalue weighted by atomic mass is 9.79. The van der Waals surface area contributed by atoms with E-state index in [4.69, 9.17) is 0 Å². The number of allylic oxidation sites excluding steroid dienone is 4. The Morgan fingerprint density at radius 2 is 1.15 bits per heavy atom. The molecule has 0 bridgehead atoms. The summed E-state index contributed by atoms with van der Waals surface area (Å²) in [7, 11) is 0. The topological polar surface area (TPSA) is 0 Å². The minimum atomic E-state index is -0.109. The molecule has 0 saturated heterocycles. The van der Waals surface area contributed by atoms with Crippen molar-refractivity contribution in [2.75, 3.05) is 0 Å². The SMILES string of the molecule is CC=CC=CC(Cc1ccc(-c2cc3c(c4ccccc24)-c2cc4c(cc2C3(C)C)-c2ccccc2C4(C)C)cc1)c1ccccc1. The van der Waals surface area contributed by atoms with Crippen molar-refractivity contribution in [2.45, 2.75) is 57.8 Å². The zero-order valence-corrected chi connectivity index (χ0v) is 28.1. The maximum absolute atomic E-state index is 2.53. The normalized spacial score (nSPS) is 15.9. The van der Waals surface area contributed by atoms with E-state index in [0.717, 1.165) is 6.42 Å². The van der Waals surface area contributed by atoms with Gasteiger partial charge in [0.2, 0.25) is 0 Å². The van der Waals surface area contributed by atoms with Crippen LogP contribution in [0.15, 0.2) is 146 Å². The van der Waals surface area contributed by atoms with E-state index in [1.807, 2.05) is 0 Å². The summed E-state index contributed by atoms with van der Waals surface area (Å²) >= 11 is 0. The molecule has 47 heavy (non-hydrogen) atoms. The van der Waals surface area contributed by atoms with E-state index in [9.17, 15) is 0 Å². The van der Waals surface area contributed by atoms with E-state index >= 15 is 0 Å². The predicted octanol–water partition coefficient (Wildman–Crippen LogP) is 12.6. The number of hydrogen-bond acceptors (Lipinski definition) is 0. The van der Waals surface area contributed by atoms with Gasteiger partial charge in [0.1, 0.15) is 0 Å². The summed E-state index contributed by atoms with van der Waals surface area (Å²) in [4.78, 5) is 0. The maximum atomic E-state index is 2.53. The van der Waals surface area contributed by atoms with Gasteiger partial charge in [0.05, 0.1) is 0 Å². The van der Waals surface area contributed by atoms with Crippen molar-refractivity contribution in [1.82, 2.24) is 0 Å². The van der Waals surface area contributed by atoms with Crippen LogP contribution in [0.5, 0.6) is 0 Å². The maximum Gasteiger partial charge on any atom is 0.0159 e. The molecule has 0 N–H and O–H groups in total. The lowest BCUT2D eigenvalue weighted by Crippen LogP contribution is -2.17. The van der Waals surface area contributed by atoms with Crippen LogP contribution in [0.4, 0.5) is 0 Å². The molecule has 0 aromatic heterocycles. The second-order valence-electron chi connectivity index (χ2n) is 14.5. The molecule has 6 aromatic carbocycles. The third-order valence-corrected chi connectivity index (χ3v) is 11.0. The van der Waals surface area contributed by atoms with Crippen molar-refractivity contribution in [3.8, 4) is 33.4 Å². The molecule has 0 amide bonds. The minimum absolute atomic E-state index is 0.0205. The van der Waals surface area contributed by atoms with E-state index in [-0.39, 0.29) is 10.8 Å². The van der Waals surface area contributed by atoms with Crippen molar-refractivity contribution in [3.05, 3.63) is 179 Å². The van der Waals surface area contributed by atoms with E-state index in [1.54, 1.807) is 0 Å². The molecule has 0 nitrogen and oxygen atoms in total. The molecule has 230 valence electrons. The summed E-state index contributed by atoms with van der Waals surface area (Å²) in [6, 6.07) is 45.8. The van der Waals surface area contributed by atoms with Gasteiger partial charge in [-0.3, -0.25) is 0 Å². The Kier molecular flexibility index (Phi) is 6.96. The molecule has 1 unspecified atom stereocenters.